The molecule has 0 aliphatic carbocycles. The lowest BCUT2D eigenvalue weighted by molar-refractivity contribution is 0.0696. The molecule has 0 bridgehead atoms. The van der Waals surface area contributed by atoms with Gasteiger partial charge in [-0.1, -0.05) is 0 Å². The Kier molecular flexibility index (Phi) is 3.73. The zero-order chi connectivity index (χ0) is 13.1. The lowest BCUT2D eigenvalue weighted by atomic mass is 10.2. The Morgan fingerprint density at radius 1 is 1.39 bits per heavy atom. The molecule has 0 atom stereocenters. The van der Waals surface area contributed by atoms with Gasteiger partial charge in [-0.2, -0.15) is 0 Å². The van der Waals surface area contributed by atoms with Gasteiger partial charge in [0.25, 0.3) is 5.91 Å². The van der Waals surface area contributed by atoms with Gasteiger partial charge in [0.2, 0.25) is 0 Å². The van der Waals surface area contributed by atoms with Crippen molar-refractivity contribution < 1.29 is 14.7 Å². The summed E-state index contributed by atoms with van der Waals surface area (Å²) in [7, 11) is 0. The molecule has 1 aromatic carbocycles. The van der Waals surface area contributed by atoms with E-state index in [1.165, 1.54) is 23.5 Å². The molecule has 0 aliphatic heterocycles. The molecule has 2 aromatic rings. The third-order valence-electron chi connectivity index (χ3n) is 2.13. The number of carbonyl (C=O) groups is 2. The van der Waals surface area contributed by atoms with Gasteiger partial charge in [-0.3, -0.25) is 4.79 Å². The van der Waals surface area contributed by atoms with Gasteiger partial charge in [0.1, 0.15) is 5.69 Å². The number of rotatable bonds is 3. The number of hydrogen-bond donors (Lipinski definition) is 2. The minimum Gasteiger partial charge on any atom is -0.478 e. The fourth-order valence-corrected chi connectivity index (χ4v) is 2.14. The van der Waals surface area contributed by atoms with Gasteiger partial charge in [-0.15, -0.1) is 11.3 Å². The Hall–Kier alpha value is -1.73. The van der Waals surface area contributed by atoms with Crippen molar-refractivity contribution in [2.75, 3.05) is 5.32 Å². The number of anilines is 1. The van der Waals surface area contributed by atoms with Crippen LogP contribution in [0.2, 0.25) is 0 Å². The monoisotopic (exact) mass is 326 g/mol. The van der Waals surface area contributed by atoms with Crippen molar-refractivity contribution in [1.29, 1.82) is 0 Å². The number of nitrogens with zero attached hydrogens (tertiary/aromatic N) is 1. The van der Waals surface area contributed by atoms with Crippen LogP contribution in [0, 0.1) is 0 Å². The molecule has 7 heteroatoms. The molecule has 0 spiro atoms. The fourth-order valence-electron chi connectivity index (χ4n) is 1.27. The molecule has 0 saturated carbocycles. The number of benzene rings is 1. The van der Waals surface area contributed by atoms with Crippen molar-refractivity contribution in [3.8, 4) is 0 Å². The summed E-state index contributed by atoms with van der Waals surface area (Å²) in [4.78, 5) is 26.5. The Balaban J connectivity index is 2.26. The first-order chi connectivity index (χ1) is 8.58. The minimum atomic E-state index is -1.05. The number of carbonyl (C=O) groups excluding carboxylic acids is 1. The Bertz CT molecular complexity index is 598. The number of aromatic nitrogens is 1. The second-order valence-corrected chi connectivity index (χ2v) is 4.90. The number of hydrogen-bond acceptors (Lipinski definition) is 4. The zero-order valence-electron chi connectivity index (χ0n) is 8.88. The third kappa shape index (κ3) is 2.74. The maximum absolute atomic E-state index is 11.8. The molecule has 0 saturated heterocycles. The number of aromatic carboxylic acids is 1. The molecule has 0 fully saturated rings. The maximum Gasteiger partial charge on any atom is 0.335 e. The van der Waals surface area contributed by atoms with Crippen LogP contribution in [-0.2, 0) is 0 Å². The quantitative estimate of drug-likeness (QED) is 0.908. The van der Waals surface area contributed by atoms with E-state index in [-0.39, 0.29) is 11.5 Å². The first kappa shape index (κ1) is 12.7. The molecule has 2 N–H and O–H groups in total. The molecule has 2 rings (SSSR count). The summed E-state index contributed by atoms with van der Waals surface area (Å²) in [6.07, 6.45) is 0. The average molecular weight is 327 g/mol. The van der Waals surface area contributed by atoms with Gasteiger partial charge in [0.05, 0.1) is 16.8 Å². The number of nitrogens with one attached hydrogen (secondary N) is 1. The topological polar surface area (TPSA) is 79.3 Å². The Labute approximate surface area is 115 Å². The van der Waals surface area contributed by atoms with Crippen LogP contribution in [0.3, 0.4) is 0 Å². The van der Waals surface area contributed by atoms with E-state index in [1.54, 1.807) is 17.0 Å². The highest BCUT2D eigenvalue weighted by atomic mass is 79.9. The number of amides is 1. The normalized spacial score (nSPS) is 10.1. The standard InChI is InChI=1S/C11H7BrN2O3S/c12-7-2-1-6(11(16)17)3-8(7)14-10(15)9-4-18-5-13-9/h1-5H,(H,14,15)(H,16,17). The first-order valence-electron chi connectivity index (χ1n) is 4.80. The van der Waals surface area contributed by atoms with Gasteiger partial charge in [-0.25, -0.2) is 9.78 Å². The molecule has 1 amide bonds. The van der Waals surface area contributed by atoms with E-state index in [0.29, 0.717) is 15.9 Å². The predicted molar refractivity (Wildman–Crippen MR) is 71.2 cm³/mol. The molecule has 0 radical (unpaired) electrons. The molecule has 0 aliphatic rings. The van der Waals surface area contributed by atoms with E-state index < -0.39 is 5.97 Å². The second kappa shape index (κ2) is 5.28. The largest absolute Gasteiger partial charge is 0.478 e. The SMILES string of the molecule is O=C(O)c1ccc(Br)c(NC(=O)c2cscn2)c1. The summed E-state index contributed by atoms with van der Waals surface area (Å²) < 4.78 is 0.607. The maximum atomic E-state index is 11.8. The molecule has 5 nitrogen and oxygen atoms in total. The Morgan fingerprint density at radius 3 is 2.78 bits per heavy atom. The van der Waals surface area contributed by atoms with Crippen LogP contribution in [0.5, 0.6) is 0 Å². The highest BCUT2D eigenvalue weighted by Crippen LogP contribution is 2.24. The van der Waals surface area contributed by atoms with E-state index in [4.69, 9.17) is 5.11 Å². The fraction of sp³-hybridized carbons (Fsp3) is 0. The summed E-state index contributed by atoms with van der Waals surface area (Å²) in [5.41, 5.74) is 2.35. The van der Waals surface area contributed by atoms with Crippen LogP contribution >= 0.6 is 27.3 Å². The number of thiazole rings is 1. The molecular weight excluding hydrogens is 320 g/mol. The van der Waals surface area contributed by atoms with Crippen LogP contribution in [0.25, 0.3) is 0 Å². The molecule has 0 unspecified atom stereocenters. The smallest absolute Gasteiger partial charge is 0.335 e. The van der Waals surface area contributed by atoms with Gasteiger partial charge >= 0.3 is 5.97 Å². The van der Waals surface area contributed by atoms with Crippen molar-refractivity contribution in [3.63, 3.8) is 0 Å². The van der Waals surface area contributed by atoms with E-state index in [0.717, 1.165) is 0 Å². The Morgan fingerprint density at radius 2 is 2.17 bits per heavy atom. The van der Waals surface area contributed by atoms with Crippen LogP contribution in [-0.4, -0.2) is 22.0 Å². The van der Waals surface area contributed by atoms with Crippen molar-refractivity contribution >= 4 is 44.8 Å². The first-order valence-corrected chi connectivity index (χ1v) is 6.54. The number of halogens is 1. The second-order valence-electron chi connectivity index (χ2n) is 3.33. The van der Waals surface area contributed by atoms with Crippen LogP contribution < -0.4 is 5.32 Å². The summed E-state index contributed by atoms with van der Waals surface area (Å²) in [5, 5.41) is 13.1. The van der Waals surface area contributed by atoms with Crippen molar-refractivity contribution in [2.24, 2.45) is 0 Å². The van der Waals surface area contributed by atoms with Crippen LogP contribution in [0.15, 0.2) is 33.6 Å². The summed E-state index contributed by atoms with van der Waals surface area (Å²) in [5.74, 6) is -1.42. The molecule has 1 heterocycles. The summed E-state index contributed by atoms with van der Waals surface area (Å²) in [6.45, 7) is 0. The molecule has 1 aromatic heterocycles. The van der Waals surface area contributed by atoms with Crippen molar-refractivity contribution in [2.45, 2.75) is 0 Å². The van der Waals surface area contributed by atoms with Gasteiger partial charge in [0.15, 0.2) is 0 Å². The minimum absolute atomic E-state index is 0.103. The average Bonchev–Trinajstić information content (AvgIpc) is 2.85. The highest BCUT2D eigenvalue weighted by molar-refractivity contribution is 9.10. The van der Waals surface area contributed by atoms with Crippen LogP contribution in [0.4, 0.5) is 5.69 Å². The molecule has 18 heavy (non-hydrogen) atoms. The van der Waals surface area contributed by atoms with Gasteiger partial charge < -0.3 is 10.4 Å². The van der Waals surface area contributed by atoms with E-state index in [9.17, 15) is 9.59 Å². The lowest BCUT2D eigenvalue weighted by Gasteiger charge is -2.06. The zero-order valence-corrected chi connectivity index (χ0v) is 11.3. The summed E-state index contributed by atoms with van der Waals surface area (Å²) in [6, 6.07) is 4.40. The van der Waals surface area contributed by atoms with Crippen molar-refractivity contribution in [1.82, 2.24) is 4.98 Å². The number of carboxylic acids is 1. The van der Waals surface area contributed by atoms with E-state index in [2.05, 4.69) is 26.2 Å². The van der Waals surface area contributed by atoms with Gasteiger partial charge in [0, 0.05) is 9.85 Å². The van der Waals surface area contributed by atoms with E-state index >= 15 is 0 Å². The van der Waals surface area contributed by atoms with Crippen LogP contribution in [0.1, 0.15) is 20.8 Å². The highest BCUT2D eigenvalue weighted by Gasteiger charge is 2.12. The van der Waals surface area contributed by atoms with Gasteiger partial charge in [-0.05, 0) is 34.1 Å². The lowest BCUT2D eigenvalue weighted by Crippen LogP contribution is -2.13. The number of carboxylic acid groups (broad SMARTS) is 1. The molecular formula is C11H7BrN2O3S. The predicted octanol–water partition coefficient (Wildman–Crippen LogP) is 2.86. The third-order valence-corrected chi connectivity index (χ3v) is 3.40. The van der Waals surface area contributed by atoms with Crippen molar-refractivity contribution in [3.05, 3.63) is 44.8 Å². The molecule has 92 valence electrons. The van der Waals surface area contributed by atoms with E-state index in [1.807, 2.05) is 0 Å². The summed E-state index contributed by atoms with van der Waals surface area (Å²) >= 11 is 4.56.